The van der Waals surface area contributed by atoms with E-state index in [1.54, 1.807) is 7.11 Å². The number of rotatable bonds is 3. The molecular formula is C15H23NO. The van der Waals surface area contributed by atoms with Crippen molar-refractivity contribution < 1.29 is 4.74 Å². The molecule has 1 saturated carbocycles. The molecule has 0 bridgehead atoms. The minimum absolute atomic E-state index is 0.325. The van der Waals surface area contributed by atoms with E-state index in [0.717, 1.165) is 18.1 Å². The Morgan fingerprint density at radius 3 is 2.53 bits per heavy atom. The van der Waals surface area contributed by atoms with Crippen molar-refractivity contribution in [2.24, 2.45) is 11.7 Å². The summed E-state index contributed by atoms with van der Waals surface area (Å²) >= 11 is 0. The molecule has 1 aliphatic carbocycles. The minimum atomic E-state index is 0.325. The lowest BCUT2D eigenvalue weighted by atomic mass is 9.74. The molecule has 0 aliphatic heterocycles. The average Bonchev–Trinajstić information content (AvgIpc) is 2.39. The maximum Gasteiger partial charge on any atom is 0.118 e. The summed E-state index contributed by atoms with van der Waals surface area (Å²) in [6, 6.07) is 8.74. The van der Waals surface area contributed by atoms with Gasteiger partial charge >= 0.3 is 0 Å². The topological polar surface area (TPSA) is 35.2 Å². The summed E-state index contributed by atoms with van der Waals surface area (Å²) in [5, 5.41) is 0. The molecule has 2 nitrogen and oxygen atoms in total. The Morgan fingerprint density at radius 2 is 1.94 bits per heavy atom. The molecule has 2 rings (SSSR count). The van der Waals surface area contributed by atoms with Gasteiger partial charge in [0.2, 0.25) is 0 Å². The van der Waals surface area contributed by atoms with E-state index in [2.05, 4.69) is 19.1 Å². The van der Waals surface area contributed by atoms with Gasteiger partial charge in [-0.15, -0.1) is 0 Å². The van der Waals surface area contributed by atoms with Gasteiger partial charge in [0, 0.05) is 6.04 Å². The molecule has 0 aromatic heterocycles. The molecule has 3 atom stereocenters. The van der Waals surface area contributed by atoms with Crippen LogP contribution in [0.1, 0.15) is 44.1 Å². The number of nitrogens with two attached hydrogens (primary N) is 1. The Hall–Kier alpha value is -1.02. The SMILES string of the molecule is CCC1CCC(N)C(c2ccc(OC)cc2)C1. The van der Waals surface area contributed by atoms with Crippen molar-refractivity contribution >= 4 is 0 Å². The highest BCUT2D eigenvalue weighted by Crippen LogP contribution is 2.37. The first-order valence-corrected chi connectivity index (χ1v) is 6.64. The lowest BCUT2D eigenvalue weighted by molar-refractivity contribution is 0.282. The fourth-order valence-corrected chi connectivity index (χ4v) is 2.89. The van der Waals surface area contributed by atoms with Gasteiger partial charge in [0.05, 0.1) is 7.11 Å². The maximum absolute atomic E-state index is 6.27. The van der Waals surface area contributed by atoms with E-state index in [9.17, 15) is 0 Å². The summed E-state index contributed by atoms with van der Waals surface area (Å²) in [6.07, 6.45) is 4.98. The van der Waals surface area contributed by atoms with Gasteiger partial charge in [0.25, 0.3) is 0 Å². The second kappa shape index (κ2) is 5.54. The monoisotopic (exact) mass is 233 g/mol. The van der Waals surface area contributed by atoms with Gasteiger partial charge in [-0.2, -0.15) is 0 Å². The number of benzene rings is 1. The van der Waals surface area contributed by atoms with E-state index >= 15 is 0 Å². The third-order valence-corrected chi connectivity index (χ3v) is 4.13. The van der Waals surface area contributed by atoms with Crippen LogP contribution in [0.25, 0.3) is 0 Å². The molecule has 0 spiro atoms. The first kappa shape index (κ1) is 12.4. The van der Waals surface area contributed by atoms with Crippen molar-refractivity contribution in [3.63, 3.8) is 0 Å². The third kappa shape index (κ3) is 2.81. The van der Waals surface area contributed by atoms with Gasteiger partial charge < -0.3 is 10.5 Å². The van der Waals surface area contributed by atoms with Crippen LogP contribution in [-0.2, 0) is 0 Å². The zero-order chi connectivity index (χ0) is 12.3. The van der Waals surface area contributed by atoms with Crippen LogP contribution < -0.4 is 10.5 Å². The molecule has 1 aromatic carbocycles. The Labute approximate surface area is 104 Å². The largest absolute Gasteiger partial charge is 0.497 e. The Morgan fingerprint density at radius 1 is 1.24 bits per heavy atom. The Bertz CT molecular complexity index is 346. The molecule has 1 fully saturated rings. The Balaban J connectivity index is 2.12. The van der Waals surface area contributed by atoms with Crippen molar-refractivity contribution in [3.05, 3.63) is 29.8 Å². The minimum Gasteiger partial charge on any atom is -0.497 e. The van der Waals surface area contributed by atoms with Crippen molar-refractivity contribution in [2.75, 3.05) is 7.11 Å². The van der Waals surface area contributed by atoms with E-state index < -0.39 is 0 Å². The predicted molar refractivity (Wildman–Crippen MR) is 71.3 cm³/mol. The molecule has 3 unspecified atom stereocenters. The van der Waals surface area contributed by atoms with Crippen molar-refractivity contribution in [1.29, 1.82) is 0 Å². The smallest absolute Gasteiger partial charge is 0.118 e. The molecule has 1 aromatic rings. The van der Waals surface area contributed by atoms with Crippen LogP contribution >= 0.6 is 0 Å². The molecule has 17 heavy (non-hydrogen) atoms. The number of hydrogen-bond acceptors (Lipinski definition) is 2. The van der Waals surface area contributed by atoms with E-state index in [-0.39, 0.29) is 0 Å². The number of ether oxygens (including phenoxy) is 1. The van der Waals surface area contributed by atoms with Gasteiger partial charge in [-0.05, 0) is 48.8 Å². The van der Waals surface area contributed by atoms with E-state index in [1.165, 1.54) is 24.8 Å². The summed E-state index contributed by atoms with van der Waals surface area (Å²) in [6.45, 7) is 2.28. The third-order valence-electron chi connectivity index (χ3n) is 4.13. The molecule has 0 radical (unpaired) electrons. The predicted octanol–water partition coefficient (Wildman–Crippen LogP) is 3.32. The molecule has 2 N–H and O–H groups in total. The molecule has 1 aliphatic rings. The zero-order valence-corrected chi connectivity index (χ0v) is 10.9. The highest BCUT2D eigenvalue weighted by Gasteiger charge is 2.28. The zero-order valence-electron chi connectivity index (χ0n) is 10.9. The van der Waals surface area contributed by atoms with Crippen LogP contribution in [0.2, 0.25) is 0 Å². The normalized spacial score (nSPS) is 29.0. The van der Waals surface area contributed by atoms with Gasteiger partial charge in [-0.1, -0.05) is 25.5 Å². The van der Waals surface area contributed by atoms with E-state index in [1.807, 2.05) is 12.1 Å². The molecule has 0 heterocycles. The summed E-state index contributed by atoms with van der Waals surface area (Å²) in [5.74, 6) is 2.30. The standard InChI is InChI=1S/C15H23NO/c1-3-11-4-9-15(16)14(10-11)12-5-7-13(17-2)8-6-12/h5-8,11,14-15H,3-4,9-10,16H2,1-2H3. The second-order valence-electron chi connectivity index (χ2n) is 5.13. The van der Waals surface area contributed by atoms with Gasteiger partial charge in [-0.25, -0.2) is 0 Å². The number of methoxy groups -OCH3 is 1. The lowest BCUT2D eigenvalue weighted by Crippen LogP contribution is -2.34. The highest BCUT2D eigenvalue weighted by atomic mass is 16.5. The first-order valence-electron chi connectivity index (χ1n) is 6.64. The van der Waals surface area contributed by atoms with Gasteiger partial charge in [-0.3, -0.25) is 0 Å². The molecule has 2 heteroatoms. The average molecular weight is 233 g/mol. The highest BCUT2D eigenvalue weighted by molar-refractivity contribution is 5.30. The van der Waals surface area contributed by atoms with Crippen LogP contribution in [-0.4, -0.2) is 13.2 Å². The molecule has 0 saturated heterocycles. The maximum atomic E-state index is 6.27. The van der Waals surface area contributed by atoms with E-state index in [0.29, 0.717) is 12.0 Å². The fourth-order valence-electron chi connectivity index (χ4n) is 2.89. The second-order valence-corrected chi connectivity index (χ2v) is 5.13. The van der Waals surface area contributed by atoms with Crippen LogP contribution in [0.3, 0.4) is 0 Å². The van der Waals surface area contributed by atoms with Gasteiger partial charge in [0.1, 0.15) is 5.75 Å². The van der Waals surface area contributed by atoms with Crippen molar-refractivity contribution in [3.8, 4) is 5.75 Å². The fraction of sp³-hybridized carbons (Fsp3) is 0.600. The quantitative estimate of drug-likeness (QED) is 0.869. The van der Waals surface area contributed by atoms with Crippen LogP contribution in [0.5, 0.6) is 5.75 Å². The number of hydrogen-bond donors (Lipinski definition) is 1. The molecule has 94 valence electrons. The lowest BCUT2D eigenvalue weighted by Gasteiger charge is -2.34. The summed E-state index contributed by atoms with van der Waals surface area (Å²) in [4.78, 5) is 0. The van der Waals surface area contributed by atoms with Crippen molar-refractivity contribution in [1.82, 2.24) is 0 Å². The molecule has 0 amide bonds. The van der Waals surface area contributed by atoms with Crippen LogP contribution in [0.15, 0.2) is 24.3 Å². The van der Waals surface area contributed by atoms with Crippen LogP contribution in [0.4, 0.5) is 0 Å². The van der Waals surface area contributed by atoms with Crippen molar-refractivity contribution in [2.45, 2.75) is 44.6 Å². The Kier molecular flexibility index (Phi) is 4.06. The van der Waals surface area contributed by atoms with Crippen LogP contribution in [0, 0.1) is 5.92 Å². The first-order chi connectivity index (χ1) is 8.24. The summed E-state index contributed by atoms with van der Waals surface area (Å²) in [7, 11) is 1.70. The summed E-state index contributed by atoms with van der Waals surface area (Å²) in [5.41, 5.74) is 7.64. The van der Waals surface area contributed by atoms with E-state index in [4.69, 9.17) is 10.5 Å². The molecular weight excluding hydrogens is 210 g/mol. The van der Waals surface area contributed by atoms with Gasteiger partial charge in [0.15, 0.2) is 0 Å². The summed E-state index contributed by atoms with van der Waals surface area (Å²) < 4.78 is 5.19.